The molecule has 3 nitrogen and oxygen atoms in total. The molecule has 0 fully saturated rings. The molecule has 0 spiro atoms. The third-order valence-corrected chi connectivity index (χ3v) is 4.83. The molecular formula is C25H29FN2O. The van der Waals surface area contributed by atoms with Crippen LogP contribution in [0.15, 0.2) is 66.7 Å². The third kappa shape index (κ3) is 5.89. The van der Waals surface area contributed by atoms with E-state index in [1.54, 1.807) is 6.07 Å². The van der Waals surface area contributed by atoms with Crippen molar-refractivity contribution in [2.24, 2.45) is 5.73 Å². The normalized spacial score (nSPS) is 10.9. The fourth-order valence-corrected chi connectivity index (χ4v) is 3.28. The van der Waals surface area contributed by atoms with Crippen molar-refractivity contribution in [1.29, 1.82) is 0 Å². The molecule has 0 saturated heterocycles. The van der Waals surface area contributed by atoms with Gasteiger partial charge in [-0.15, -0.1) is 0 Å². The molecule has 0 unspecified atom stereocenters. The highest BCUT2D eigenvalue weighted by Crippen LogP contribution is 2.29. The predicted octanol–water partition coefficient (Wildman–Crippen LogP) is 5.04. The highest BCUT2D eigenvalue weighted by molar-refractivity contribution is 5.71. The van der Waals surface area contributed by atoms with Crippen molar-refractivity contribution in [2.45, 2.75) is 19.8 Å². The molecule has 0 amide bonds. The molecule has 3 N–H and O–H groups in total. The molecule has 3 aromatic rings. The van der Waals surface area contributed by atoms with Gasteiger partial charge >= 0.3 is 0 Å². The summed E-state index contributed by atoms with van der Waals surface area (Å²) < 4.78 is 20.5. The summed E-state index contributed by atoms with van der Waals surface area (Å²) in [5.41, 5.74) is 10.1. The first-order chi connectivity index (χ1) is 14.2. The van der Waals surface area contributed by atoms with Crippen molar-refractivity contribution in [3.05, 3.63) is 78.1 Å². The first kappa shape index (κ1) is 21.0. The van der Waals surface area contributed by atoms with E-state index < -0.39 is 0 Å². The van der Waals surface area contributed by atoms with Crippen LogP contribution in [0.1, 0.15) is 18.9 Å². The number of hydrogen-bond acceptors (Lipinski definition) is 3. The van der Waals surface area contributed by atoms with Crippen molar-refractivity contribution < 1.29 is 9.13 Å². The molecule has 0 aromatic heterocycles. The van der Waals surface area contributed by atoms with E-state index in [1.807, 2.05) is 48.5 Å². The molecular weight excluding hydrogens is 363 g/mol. The number of ether oxygens (including phenoxy) is 1. The van der Waals surface area contributed by atoms with Gasteiger partial charge in [-0.05, 0) is 46.9 Å². The van der Waals surface area contributed by atoms with E-state index in [0.29, 0.717) is 18.7 Å². The van der Waals surface area contributed by atoms with E-state index in [1.165, 1.54) is 5.56 Å². The van der Waals surface area contributed by atoms with Gasteiger partial charge in [0, 0.05) is 25.2 Å². The Hall–Kier alpha value is -2.69. The number of benzene rings is 3. The quantitative estimate of drug-likeness (QED) is 0.475. The van der Waals surface area contributed by atoms with Crippen molar-refractivity contribution in [2.75, 3.05) is 26.2 Å². The Morgan fingerprint density at radius 1 is 0.862 bits per heavy atom. The van der Waals surface area contributed by atoms with Crippen molar-refractivity contribution >= 4 is 0 Å². The van der Waals surface area contributed by atoms with Gasteiger partial charge in [-0.1, -0.05) is 61.9 Å². The third-order valence-electron chi connectivity index (χ3n) is 4.83. The molecule has 0 aliphatic rings. The topological polar surface area (TPSA) is 47.3 Å². The monoisotopic (exact) mass is 392 g/mol. The lowest BCUT2D eigenvalue weighted by Gasteiger charge is -2.10. The molecule has 3 rings (SSSR count). The average Bonchev–Trinajstić information content (AvgIpc) is 2.75. The lowest BCUT2D eigenvalue weighted by molar-refractivity contribution is 0.315. The molecule has 0 aliphatic carbocycles. The van der Waals surface area contributed by atoms with Gasteiger partial charge in [0.05, 0.1) is 0 Å². The van der Waals surface area contributed by atoms with Crippen LogP contribution in [0.3, 0.4) is 0 Å². The van der Waals surface area contributed by atoms with E-state index in [2.05, 4.69) is 24.4 Å². The van der Waals surface area contributed by atoms with E-state index in [9.17, 15) is 4.39 Å². The van der Waals surface area contributed by atoms with Crippen LogP contribution in [0.2, 0.25) is 0 Å². The maximum absolute atomic E-state index is 14.8. The van der Waals surface area contributed by atoms with Crippen LogP contribution in [0.25, 0.3) is 22.3 Å². The summed E-state index contributed by atoms with van der Waals surface area (Å²) >= 11 is 0. The first-order valence-electron chi connectivity index (χ1n) is 10.2. The van der Waals surface area contributed by atoms with E-state index in [-0.39, 0.29) is 5.82 Å². The molecule has 0 saturated carbocycles. The highest BCUT2D eigenvalue weighted by atomic mass is 19.1. The average molecular weight is 393 g/mol. The van der Waals surface area contributed by atoms with Crippen LogP contribution >= 0.6 is 0 Å². The summed E-state index contributed by atoms with van der Waals surface area (Å²) in [6.07, 6.45) is 2.16. The van der Waals surface area contributed by atoms with Gasteiger partial charge in [-0.2, -0.15) is 0 Å². The van der Waals surface area contributed by atoms with Crippen LogP contribution in [-0.4, -0.2) is 26.2 Å². The lowest BCUT2D eigenvalue weighted by Crippen LogP contribution is -2.26. The maximum Gasteiger partial charge on any atom is 0.131 e. The van der Waals surface area contributed by atoms with E-state index in [0.717, 1.165) is 48.4 Å². The minimum atomic E-state index is -0.211. The van der Waals surface area contributed by atoms with Crippen LogP contribution < -0.4 is 15.8 Å². The van der Waals surface area contributed by atoms with Crippen molar-refractivity contribution in [3.63, 3.8) is 0 Å². The van der Waals surface area contributed by atoms with E-state index in [4.69, 9.17) is 10.5 Å². The Bertz CT molecular complexity index is 892. The summed E-state index contributed by atoms with van der Waals surface area (Å²) in [6, 6.07) is 21.3. The number of rotatable bonds is 10. The number of nitrogens with two attached hydrogens (primary N) is 1. The van der Waals surface area contributed by atoms with Gasteiger partial charge in [0.25, 0.3) is 0 Å². The van der Waals surface area contributed by atoms with Gasteiger partial charge < -0.3 is 15.8 Å². The zero-order valence-corrected chi connectivity index (χ0v) is 17.0. The first-order valence-corrected chi connectivity index (χ1v) is 10.2. The molecule has 0 atom stereocenters. The molecule has 152 valence electrons. The minimum Gasteiger partial charge on any atom is -0.492 e. The van der Waals surface area contributed by atoms with E-state index >= 15 is 0 Å². The second-order valence-electron chi connectivity index (χ2n) is 7.05. The zero-order valence-electron chi connectivity index (χ0n) is 17.0. The van der Waals surface area contributed by atoms with Gasteiger partial charge in [-0.3, -0.25) is 0 Å². The fourth-order valence-electron chi connectivity index (χ4n) is 3.28. The fraction of sp³-hybridized carbons (Fsp3) is 0.280. The molecule has 0 aliphatic heterocycles. The van der Waals surface area contributed by atoms with Gasteiger partial charge in [0.1, 0.15) is 18.2 Å². The predicted molar refractivity (Wildman–Crippen MR) is 119 cm³/mol. The second kappa shape index (κ2) is 10.7. The molecule has 3 aromatic carbocycles. The van der Waals surface area contributed by atoms with Gasteiger partial charge in [-0.25, -0.2) is 4.39 Å². The van der Waals surface area contributed by atoms with Gasteiger partial charge in [0.2, 0.25) is 0 Å². The number of hydrogen-bond donors (Lipinski definition) is 2. The van der Waals surface area contributed by atoms with Crippen LogP contribution in [0.4, 0.5) is 4.39 Å². The molecule has 0 heterocycles. The summed E-state index contributed by atoms with van der Waals surface area (Å²) in [6.45, 7) is 4.90. The standard InChI is InChI=1S/C25H29FN2O/c1-2-3-19-4-6-21(7-5-19)24-13-10-22(18-25(24)26)20-8-11-23(12-9-20)29-17-16-28-15-14-27/h4-13,18,28H,2-3,14-17,27H2,1H3. The number of halogens is 1. The van der Waals surface area contributed by atoms with Crippen LogP contribution in [0, 0.1) is 5.82 Å². The van der Waals surface area contributed by atoms with Crippen molar-refractivity contribution in [3.8, 4) is 28.0 Å². The Balaban J connectivity index is 1.66. The van der Waals surface area contributed by atoms with Crippen LogP contribution in [-0.2, 0) is 6.42 Å². The highest BCUT2D eigenvalue weighted by Gasteiger charge is 2.08. The SMILES string of the molecule is CCCc1ccc(-c2ccc(-c3ccc(OCCNCCN)cc3)cc2F)cc1. The second-order valence-corrected chi connectivity index (χ2v) is 7.05. The Kier molecular flexibility index (Phi) is 7.79. The summed E-state index contributed by atoms with van der Waals surface area (Å²) in [5, 5.41) is 3.19. The zero-order chi connectivity index (χ0) is 20.5. The van der Waals surface area contributed by atoms with Gasteiger partial charge in [0.15, 0.2) is 0 Å². The summed E-state index contributed by atoms with van der Waals surface area (Å²) in [7, 11) is 0. The largest absolute Gasteiger partial charge is 0.492 e. The lowest BCUT2D eigenvalue weighted by atomic mass is 9.98. The Morgan fingerprint density at radius 2 is 1.55 bits per heavy atom. The Labute approximate surface area is 172 Å². The smallest absolute Gasteiger partial charge is 0.131 e. The summed E-state index contributed by atoms with van der Waals surface area (Å²) in [5.74, 6) is 0.588. The number of nitrogens with one attached hydrogen (secondary N) is 1. The molecule has 0 bridgehead atoms. The Morgan fingerprint density at radius 3 is 2.21 bits per heavy atom. The maximum atomic E-state index is 14.8. The molecule has 0 radical (unpaired) electrons. The van der Waals surface area contributed by atoms with Crippen molar-refractivity contribution in [1.82, 2.24) is 5.32 Å². The number of aryl methyl sites for hydroxylation is 1. The minimum absolute atomic E-state index is 0.211. The van der Waals surface area contributed by atoms with Crippen LogP contribution in [0.5, 0.6) is 5.75 Å². The molecule has 4 heteroatoms. The molecule has 29 heavy (non-hydrogen) atoms. The summed E-state index contributed by atoms with van der Waals surface area (Å²) in [4.78, 5) is 0.